The fraction of sp³-hybridized carbons (Fsp3) is 0.0909. The number of nitrogens with one attached hydrogen (secondary N) is 1. The van der Waals surface area contributed by atoms with Crippen LogP contribution in [0, 0.1) is 0 Å². The first-order chi connectivity index (χ1) is 8.08. The lowest BCUT2D eigenvalue weighted by Crippen LogP contribution is -2.12. The molecule has 0 aliphatic carbocycles. The van der Waals surface area contributed by atoms with Crippen molar-refractivity contribution in [3.05, 3.63) is 45.7 Å². The number of carbonyl (C=O) groups is 1. The SMILES string of the molecule is Cn1cc(NC(=O)c2cccc(Br)c2Cl)cn1. The van der Waals surface area contributed by atoms with Crippen molar-refractivity contribution >= 4 is 39.1 Å². The lowest BCUT2D eigenvalue weighted by molar-refractivity contribution is 0.102. The summed E-state index contributed by atoms with van der Waals surface area (Å²) in [5.74, 6) is -0.260. The molecule has 0 atom stereocenters. The second-order valence-electron chi connectivity index (χ2n) is 3.46. The fourth-order valence-electron chi connectivity index (χ4n) is 1.36. The minimum Gasteiger partial charge on any atom is -0.319 e. The van der Waals surface area contributed by atoms with Crippen molar-refractivity contribution in [3.8, 4) is 0 Å². The average molecular weight is 315 g/mol. The minimum atomic E-state index is -0.260. The third-order valence-electron chi connectivity index (χ3n) is 2.16. The summed E-state index contributed by atoms with van der Waals surface area (Å²) in [7, 11) is 1.78. The first kappa shape index (κ1) is 12.1. The van der Waals surface area contributed by atoms with Crippen molar-refractivity contribution in [3.63, 3.8) is 0 Å². The van der Waals surface area contributed by atoms with Crippen LogP contribution in [0.1, 0.15) is 10.4 Å². The lowest BCUT2D eigenvalue weighted by atomic mass is 10.2. The van der Waals surface area contributed by atoms with Gasteiger partial charge in [-0.1, -0.05) is 17.7 Å². The third kappa shape index (κ3) is 2.68. The van der Waals surface area contributed by atoms with Gasteiger partial charge in [-0.25, -0.2) is 0 Å². The van der Waals surface area contributed by atoms with Gasteiger partial charge in [0.15, 0.2) is 0 Å². The molecule has 6 heteroatoms. The van der Waals surface area contributed by atoms with Crippen molar-refractivity contribution in [1.29, 1.82) is 0 Å². The summed E-state index contributed by atoms with van der Waals surface area (Å²) >= 11 is 9.31. The molecular formula is C11H9BrClN3O. The number of carbonyl (C=O) groups excluding carboxylic acids is 1. The molecule has 0 bridgehead atoms. The van der Waals surface area contributed by atoms with E-state index in [1.54, 1.807) is 42.3 Å². The summed E-state index contributed by atoms with van der Waals surface area (Å²) in [4.78, 5) is 11.9. The zero-order valence-electron chi connectivity index (χ0n) is 8.95. The van der Waals surface area contributed by atoms with E-state index in [0.717, 1.165) is 0 Å². The van der Waals surface area contributed by atoms with E-state index in [1.165, 1.54) is 0 Å². The zero-order chi connectivity index (χ0) is 12.4. The molecule has 1 aromatic carbocycles. The lowest BCUT2D eigenvalue weighted by Gasteiger charge is -2.05. The predicted molar refractivity (Wildman–Crippen MR) is 70.3 cm³/mol. The Morgan fingerprint density at radius 3 is 2.94 bits per heavy atom. The van der Waals surface area contributed by atoms with Crippen LogP contribution in [0.5, 0.6) is 0 Å². The number of halogens is 2. The Bertz CT molecular complexity index is 568. The van der Waals surface area contributed by atoms with Crippen molar-refractivity contribution < 1.29 is 4.79 Å². The summed E-state index contributed by atoms with van der Waals surface area (Å²) in [5.41, 5.74) is 1.05. The molecule has 0 aliphatic heterocycles. The number of rotatable bonds is 2. The second kappa shape index (κ2) is 4.89. The van der Waals surface area contributed by atoms with Crippen molar-refractivity contribution in [1.82, 2.24) is 9.78 Å². The van der Waals surface area contributed by atoms with Crippen LogP contribution in [0.2, 0.25) is 5.02 Å². The van der Waals surface area contributed by atoms with Gasteiger partial charge in [-0.3, -0.25) is 9.48 Å². The van der Waals surface area contributed by atoms with Crippen LogP contribution in [-0.4, -0.2) is 15.7 Å². The molecule has 2 rings (SSSR count). The first-order valence-corrected chi connectivity index (χ1v) is 5.99. The van der Waals surface area contributed by atoms with Gasteiger partial charge in [0.1, 0.15) is 0 Å². The van der Waals surface area contributed by atoms with Gasteiger partial charge in [0.25, 0.3) is 5.91 Å². The maximum absolute atomic E-state index is 11.9. The van der Waals surface area contributed by atoms with Crippen LogP contribution in [0.3, 0.4) is 0 Å². The normalized spacial score (nSPS) is 10.3. The highest BCUT2D eigenvalue weighted by atomic mass is 79.9. The molecule has 0 saturated carbocycles. The standard InChI is InChI=1S/C11H9BrClN3O/c1-16-6-7(5-14-16)15-11(17)8-3-2-4-9(12)10(8)13/h2-6H,1H3,(H,15,17). The van der Waals surface area contributed by atoms with Gasteiger partial charge in [0, 0.05) is 17.7 Å². The maximum atomic E-state index is 11.9. The molecule has 88 valence electrons. The van der Waals surface area contributed by atoms with Gasteiger partial charge < -0.3 is 5.32 Å². The van der Waals surface area contributed by atoms with Crippen molar-refractivity contribution in [2.75, 3.05) is 5.32 Å². The fourth-order valence-corrected chi connectivity index (χ4v) is 1.94. The van der Waals surface area contributed by atoms with Gasteiger partial charge >= 0.3 is 0 Å². The Labute approximate surface area is 112 Å². The highest BCUT2D eigenvalue weighted by Crippen LogP contribution is 2.26. The smallest absolute Gasteiger partial charge is 0.257 e. The zero-order valence-corrected chi connectivity index (χ0v) is 11.3. The van der Waals surface area contributed by atoms with Gasteiger partial charge in [-0.05, 0) is 28.1 Å². The van der Waals surface area contributed by atoms with E-state index in [4.69, 9.17) is 11.6 Å². The predicted octanol–water partition coefficient (Wildman–Crippen LogP) is 3.09. The third-order valence-corrected chi connectivity index (χ3v) is 3.46. The quantitative estimate of drug-likeness (QED) is 0.926. The van der Waals surface area contributed by atoms with Crippen LogP contribution < -0.4 is 5.32 Å². The van der Waals surface area contributed by atoms with E-state index in [-0.39, 0.29) is 5.91 Å². The number of benzene rings is 1. The van der Waals surface area contributed by atoms with Gasteiger partial charge in [0.2, 0.25) is 0 Å². The molecule has 1 N–H and O–H groups in total. The molecule has 4 nitrogen and oxygen atoms in total. The number of hydrogen-bond acceptors (Lipinski definition) is 2. The molecular weight excluding hydrogens is 305 g/mol. The molecule has 1 heterocycles. The van der Waals surface area contributed by atoms with E-state index in [9.17, 15) is 4.79 Å². The van der Waals surface area contributed by atoms with E-state index in [1.807, 2.05) is 0 Å². The Kier molecular flexibility index (Phi) is 3.49. The number of amides is 1. The Morgan fingerprint density at radius 2 is 2.29 bits per heavy atom. The first-order valence-electron chi connectivity index (χ1n) is 4.82. The Morgan fingerprint density at radius 1 is 1.53 bits per heavy atom. The molecule has 0 radical (unpaired) electrons. The average Bonchev–Trinajstić information content (AvgIpc) is 2.68. The summed E-state index contributed by atoms with van der Waals surface area (Å²) in [6.07, 6.45) is 3.29. The topological polar surface area (TPSA) is 46.9 Å². The highest BCUT2D eigenvalue weighted by molar-refractivity contribution is 9.10. The molecule has 17 heavy (non-hydrogen) atoms. The molecule has 1 amide bonds. The number of aryl methyl sites for hydroxylation is 1. The molecule has 0 fully saturated rings. The Hall–Kier alpha value is -1.33. The largest absolute Gasteiger partial charge is 0.319 e. The maximum Gasteiger partial charge on any atom is 0.257 e. The molecule has 0 saturated heterocycles. The molecule has 0 unspecified atom stereocenters. The van der Waals surface area contributed by atoms with Crippen molar-refractivity contribution in [2.24, 2.45) is 7.05 Å². The van der Waals surface area contributed by atoms with Gasteiger partial charge in [0.05, 0.1) is 22.5 Å². The highest BCUT2D eigenvalue weighted by Gasteiger charge is 2.12. The number of nitrogens with zero attached hydrogens (tertiary/aromatic N) is 2. The van der Waals surface area contributed by atoms with Crippen LogP contribution in [0.4, 0.5) is 5.69 Å². The summed E-state index contributed by atoms with van der Waals surface area (Å²) in [6.45, 7) is 0. The monoisotopic (exact) mass is 313 g/mol. The summed E-state index contributed by atoms with van der Waals surface area (Å²) in [5, 5.41) is 7.08. The molecule has 0 aliphatic rings. The van der Waals surface area contributed by atoms with E-state index < -0.39 is 0 Å². The van der Waals surface area contributed by atoms with E-state index in [2.05, 4.69) is 26.3 Å². The van der Waals surface area contributed by atoms with E-state index in [0.29, 0.717) is 20.7 Å². The number of anilines is 1. The molecule has 0 spiro atoms. The van der Waals surface area contributed by atoms with Crippen molar-refractivity contribution in [2.45, 2.75) is 0 Å². The summed E-state index contributed by atoms with van der Waals surface area (Å²) in [6, 6.07) is 5.20. The van der Waals surface area contributed by atoms with Crippen LogP contribution in [0.15, 0.2) is 35.1 Å². The number of aromatic nitrogens is 2. The Balaban J connectivity index is 2.23. The number of hydrogen-bond donors (Lipinski definition) is 1. The van der Waals surface area contributed by atoms with Crippen LogP contribution >= 0.6 is 27.5 Å². The van der Waals surface area contributed by atoms with Gasteiger partial charge in [-0.15, -0.1) is 0 Å². The minimum absolute atomic E-state index is 0.260. The van der Waals surface area contributed by atoms with Crippen LogP contribution in [0.25, 0.3) is 0 Å². The van der Waals surface area contributed by atoms with Crippen LogP contribution in [-0.2, 0) is 7.05 Å². The van der Waals surface area contributed by atoms with E-state index >= 15 is 0 Å². The molecule has 2 aromatic rings. The molecule has 1 aromatic heterocycles. The second-order valence-corrected chi connectivity index (χ2v) is 4.69. The van der Waals surface area contributed by atoms with Gasteiger partial charge in [-0.2, -0.15) is 5.10 Å². The summed E-state index contributed by atoms with van der Waals surface area (Å²) < 4.78 is 2.30.